The van der Waals surface area contributed by atoms with Crippen LogP contribution in [-0.2, 0) is 4.79 Å². The number of rotatable bonds is 4. The third-order valence-electron chi connectivity index (χ3n) is 3.97. The number of piperazine rings is 1. The van der Waals surface area contributed by atoms with Gasteiger partial charge in [0.2, 0.25) is 5.91 Å². The van der Waals surface area contributed by atoms with E-state index < -0.39 is 5.97 Å². The van der Waals surface area contributed by atoms with Crippen molar-refractivity contribution in [2.45, 2.75) is 0 Å². The molecule has 7 heteroatoms. The first-order chi connectivity index (χ1) is 11.0. The fraction of sp³-hybridized carbons (Fsp3) is 0.375. The number of likely N-dealkylation sites (N-methyl/N-ethyl adjacent to an activating group) is 1. The summed E-state index contributed by atoms with van der Waals surface area (Å²) in [5.74, 6) is -0.963. The third-order valence-corrected chi connectivity index (χ3v) is 5.08. The van der Waals surface area contributed by atoms with Gasteiger partial charge in [-0.2, -0.15) is 0 Å². The van der Waals surface area contributed by atoms with E-state index in [4.69, 9.17) is 5.11 Å². The molecule has 3 rings (SSSR count). The van der Waals surface area contributed by atoms with Gasteiger partial charge < -0.3 is 15.3 Å². The van der Waals surface area contributed by atoms with Crippen molar-refractivity contribution in [3.8, 4) is 0 Å². The molecule has 0 spiro atoms. The lowest BCUT2D eigenvalue weighted by atomic mass is 10.2. The number of fused-ring (bicyclic) bond motifs is 1. The minimum absolute atomic E-state index is 0.0393. The molecular formula is C16H19N3O3S. The average molecular weight is 333 g/mol. The molecule has 2 N–H and O–H groups in total. The summed E-state index contributed by atoms with van der Waals surface area (Å²) in [7, 11) is 2.08. The summed E-state index contributed by atoms with van der Waals surface area (Å²) in [6.07, 6.45) is 0. The Balaban J connectivity index is 1.64. The molecule has 122 valence electrons. The van der Waals surface area contributed by atoms with Crippen molar-refractivity contribution in [2.24, 2.45) is 0 Å². The van der Waals surface area contributed by atoms with Crippen LogP contribution in [0.25, 0.3) is 10.1 Å². The van der Waals surface area contributed by atoms with Crippen LogP contribution in [0.2, 0.25) is 0 Å². The Morgan fingerprint density at radius 2 is 1.96 bits per heavy atom. The quantitative estimate of drug-likeness (QED) is 0.892. The van der Waals surface area contributed by atoms with E-state index in [2.05, 4.69) is 22.2 Å². The summed E-state index contributed by atoms with van der Waals surface area (Å²) in [4.78, 5) is 27.9. The van der Waals surface area contributed by atoms with Crippen molar-refractivity contribution in [3.63, 3.8) is 0 Å². The molecule has 23 heavy (non-hydrogen) atoms. The van der Waals surface area contributed by atoms with Crippen LogP contribution in [0.15, 0.2) is 24.3 Å². The molecule has 6 nitrogen and oxygen atoms in total. The Bertz CT molecular complexity index is 735. The summed E-state index contributed by atoms with van der Waals surface area (Å²) in [5.41, 5.74) is 0.700. The molecule has 2 heterocycles. The zero-order chi connectivity index (χ0) is 16.4. The van der Waals surface area contributed by atoms with Crippen molar-refractivity contribution < 1.29 is 14.7 Å². The lowest BCUT2D eigenvalue weighted by Gasteiger charge is -2.31. The van der Waals surface area contributed by atoms with Crippen molar-refractivity contribution >= 4 is 39.0 Å². The van der Waals surface area contributed by atoms with E-state index in [1.165, 1.54) is 11.3 Å². The molecular weight excluding hydrogens is 314 g/mol. The number of nitrogens with one attached hydrogen (secondary N) is 1. The van der Waals surface area contributed by atoms with Crippen molar-refractivity contribution in [2.75, 3.05) is 45.1 Å². The Labute approximate surface area is 138 Å². The highest BCUT2D eigenvalue weighted by molar-refractivity contribution is 7.20. The number of hydrogen-bond donors (Lipinski definition) is 2. The van der Waals surface area contributed by atoms with Crippen LogP contribution in [0.1, 0.15) is 9.67 Å². The number of carbonyl (C=O) groups excluding carboxylic acids is 1. The van der Waals surface area contributed by atoms with Gasteiger partial charge >= 0.3 is 5.97 Å². The minimum Gasteiger partial charge on any atom is -0.477 e. The van der Waals surface area contributed by atoms with Gasteiger partial charge in [0.05, 0.1) is 6.54 Å². The highest BCUT2D eigenvalue weighted by Crippen LogP contribution is 2.28. The second-order valence-corrected chi connectivity index (χ2v) is 6.88. The van der Waals surface area contributed by atoms with Gasteiger partial charge in [0.1, 0.15) is 4.88 Å². The van der Waals surface area contributed by atoms with E-state index in [1.807, 2.05) is 18.2 Å². The Morgan fingerprint density at radius 3 is 2.65 bits per heavy atom. The van der Waals surface area contributed by atoms with Gasteiger partial charge in [0, 0.05) is 36.6 Å². The maximum atomic E-state index is 12.2. The molecule has 1 aliphatic rings. The Kier molecular flexibility index (Phi) is 4.61. The van der Waals surface area contributed by atoms with Gasteiger partial charge in [-0.15, -0.1) is 11.3 Å². The first-order valence-corrected chi connectivity index (χ1v) is 8.30. The third kappa shape index (κ3) is 3.87. The van der Waals surface area contributed by atoms with Crippen LogP contribution < -0.4 is 5.32 Å². The van der Waals surface area contributed by atoms with Crippen LogP contribution in [-0.4, -0.2) is 66.6 Å². The lowest BCUT2D eigenvalue weighted by molar-refractivity contribution is -0.117. The van der Waals surface area contributed by atoms with Gasteiger partial charge in [0.15, 0.2) is 0 Å². The molecule has 2 aromatic rings. The minimum atomic E-state index is -0.924. The van der Waals surface area contributed by atoms with Crippen LogP contribution in [0.3, 0.4) is 0 Å². The van der Waals surface area contributed by atoms with E-state index in [-0.39, 0.29) is 5.91 Å². The van der Waals surface area contributed by atoms with E-state index in [0.29, 0.717) is 17.1 Å². The van der Waals surface area contributed by atoms with Gasteiger partial charge in [-0.25, -0.2) is 4.79 Å². The van der Waals surface area contributed by atoms with Gasteiger partial charge in [0.25, 0.3) is 0 Å². The number of benzene rings is 1. The predicted molar refractivity (Wildman–Crippen MR) is 91.4 cm³/mol. The van der Waals surface area contributed by atoms with Crippen molar-refractivity contribution in [1.29, 1.82) is 0 Å². The summed E-state index contributed by atoms with van der Waals surface area (Å²) >= 11 is 1.24. The van der Waals surface area contributed by atoms with E-state index in [0.717, 1.165) is 36.3 Å². The topological polar surface area (TPSA) is 72.9 Å². The van der Waals surface area contributed by atoms with Gasteiger partial charge in [-0.1, -0.05) is 0 Å². The van der Waals surface area contributed by atoms with Gasteiger partial charge in [-0.05, 0) is 36.7 Å². The van der Waals surface area contributed by atoms with Gasteiger partial charge in [-0.3, -0.25) is 9.69 Å². The molecule has 0 atom stereocenters. The highest BCUT2D eigenvalue weighted by Gasteiger charge is 2.16. The van der Waals surface area contributed by atoms with E-state index in [9.17, 15) is 9.59 Å². The van der Waals surface area contributed by atoms with Crippen LogP contribution in [0.5, 0.6) is 0 Å². The number of carbonyl (C=O) groups is 2. The number of anilines is 1. The molecule has 0 aliphatic carbocycles. The zero-order valence-corrected chi connectivity index (χ0v) is 13.7. The van der Waals surface area contributed by atoms with E-state index in [1.54, 1.807) is 6.07 Å². The smallest absolute Gasteiger partial charge is 0.345 e. The molecule has 0 radical (unpaired) electrons. The molecule has 1 aromatic heterocycles. The molecule has 0 bridgehead atoms. The largest absolute Gasteiger partial charge is 0.477 e. The predicted octanol–water partition coefficient (Wildman–Crippen LogP) is 1.79. The Hall–Kier alpha value is -1.96. The number of hydrogen-bond acceptors (Lipinski definition) is 5. The maximum absolute atomic E-state index is 12.2. The fourth-order valence-corrected chi connectivity index (χ4v) is 3.52. The summed E-state index contributed by atoms with van der Waals surface area (Å²) in [6, 6.07) is 7.11. The Morgan fingerprint density at radius 1 is 1.22 bits per heavy atom. The van der Waals surface area contributed by atoms with Crippen LogP contribution in [0, 0.1) is 0 Å². The molecule has 0 saturated carbocycles. The van der Waals surface area contributed by atoms with Crippen LogP contribution in [0.4, 0.5) is 5.69 Å². The first kappa shape index (κ1) is 15.9. The molecule has 0 unspecified atom stereocenters. The SMILES string of the molecule is CN1CCN(CC(=O)Nc2ccc3sc(C(=O)O)cc3c2)CC1. The molecule has 1 saturated heterocycles. The van der Waals surface area contributed by atoms with E-state index >= 15 is 0 Å². The van der Waals surface area contributed by atoms with Crippen LogP contribution >= 0.6 is 11.3 Å². The lowest BCUT2D eigenvalue weighted by Crippen LogP contribution is -2.47. The molecule has 1 aromatic carbocycles. The molecule has 1 amide bonds. The second-order valence-electron chi connectivity index (χ2n) is 5.80. The maximum Gasteiger partial charge on any atom is 0.345 e. The summed E-state index contributed by atoms with van der Waals surface area (Å²) in [6.45, 7) is 4.14. The normalized spacial score (nSPS) is 16.6. The molecule has 1 aliphatic heterocycles. The summed E-state index contributed by atoms with van der Waals surface area (Å²) in [5, 5.41) is 12.8. The zero-order valence-electron chi connectivity index (χ0n) is 12.9. The highest BCUT2D eigenvalue weighted by atomic mass is 32.1. The first-order valence-electron chi connectivity index (χ1n) is 7.49. The number of nitrogens with zero attached hydrogens (tertiary/aromatic N) is 2. The number of amides is 1. The number of carboxylic acid groups (broad SMARTS) is 1. The fourth-order valence-electron chi connectivity index (χ4n) is 2.64. The second kappa shape index (κ2) is 6.66. The van der Waals surface area contributed by atoms with Crippen molar-refractivity contribution in [3.05, 3.63) is 29.1 Å². The standard InChI is InChI=1S/C16H19N3O3S/c1-18-4-6-19(7-5-18)10-15(20)17-12-2-3-13-11(8-12)9-14(23-13)16(21)22/h2-3,8-9H,4-7,10H2,1H3,(H,17,20)(H,21,22). The molecule has 1 fully saturated rings. The average Bonchev–Trinajstić information content (AvgIpc) is 2.93. The summed E-state index contributed by atoms with van der Waals surface area (Å²) < 4.78 is 0.902. The van der Waals surface area contributed by atoms with Crippen molar-refractivity contribution in [1.82, 2.24) is 9.80 Å². The number of aromatic carboxylic acids is 1. The number of carboxylic acids is 1. The number of thiophene rings is 1. The monoisotopic (exact) mass is 333 g/mol.